The first-order valence-corrected chi connectivity index (χ1v) is 6.85. The number of primary amides is 1. The van der Waals surface area contributed by atoms with Crippen molar-refractivity contribution in [3.05, 3.63) is 29.6 Å². The quantitative estimate of drug-likeness (QED) is 0.723. The number of piperidine rings is 1. The first-order valence-electron chi connectivity index (χ1n) is 6.85. The minimum Gasteiger partial charge on any atom is -0.396 e. The van der Waals surface area contributed by atoms with Crippen LogP contribution in [-0.4, -0.2) is 36.5 Å². The first-order chi connectivity index (χ1) is 9.99. The van der Waals surface area contributed by atoms with Crippen molar-refractivity contribution in [3.63, 3.8) is 0 Å². The molecule has 114 valence electrons. The van der Waals surface area contributed by atoms with Crippen molar-refractivity contribution >= 4 is 17.6 Å². The van der Waals surface area contributed by atoms with Crippen molar-refractivity contribution in [2.45, 2.75) is 12.8 Å². The summed E-state index contributed by atoms with van der Waals surface area (Å²) in [5.74, 6) is -0.731. The highest BCUT2D eigenvalue weighted by Crippen LogP contribution is 2.22. The van der Waals surface area contributed by atoms with Crippen LogP contribution in [0.4, 0.5) is 14.9 Å². The topological polar surface area (TPSA) is 101 Å². The molecular weight excluding hydrogens is 275 g/mol. The van der Waals surface area contributed by atoms with Crippen LogP contribution in [0.15, 0.2) is 18.2 Å². The predicted molar refractivity (Wildman–Crippen MR) is 77.0 cm³/mol. The van der Waals surface area contributed by atoms with E-state index in [1.807, 2.05) is 0 Å². The number of likely N-dealkylation sites (tertiary alicyclic amines) is 1. The molecule has 0 bridgehead atoms. The van der Waals surface area contributed by atoms with Gasteiger partial charge in [-0.05, 0) is 30.9 Å². The van der Waals surface area contributed by atoms with Crippen LogP contribution < -0.4 is 16.8 Å². The van der Waals surface area contributed by atoms with Crippen LogP contribution in [0, 0.1) is 11.7 Å². The molecule has 0 saturated carbocycles. The number of amides is 3. The van der Waals surface area contributed by atoms with Crippen molar-refractivity contribution in [1.29, 1.82) is 0 Å². The number of rotatable bonds is 3. The highest BCUT2D eigenvalue weighted by atomic mass is 19.1. The van der Waals surface area contributed by atoms with Crippen molar-refractivity contribution in [2.75, 3.05) is 25.4 Å². The number of carbonyl (C=O) groups excluding carboxylic acids is 2. The van der Waals surface area contributed by atoms with Crippen LogP contribution in [0.25, 0.3) is 0 Å². The number of urea groups is 1. The molecule has 1 aliphatic heterocycles. The molecule has 0 aromatic heterocycles. The third kappa shape index (κ3) is 3.62. The monoisotopic (exact) mass is 294 g/mol. The van der Waals surface area contributed by atoms with Gasteiger partial charge in [0.15, 0.2) is 0 Å². The van der Waals surface area contributed by atoms with Crippen LogP contribution >= 0.6 is 0 Å². The second-order valence-corrected chi connectivity index (χ2v) is 5.21. The standard InChI is InChI=1S/C14H19FN4O2/c15-11-5-1-4-10(12(11)16)13(20)19-6-2-3-9(8-19)7-18-14(17)21/h1,4-5,9H,2-3,6-8,16H2,(H3,17,18,21). The summed E-state index contributed by atoms with van der Waals surface area (Å²) in [6.45, 7) is 1.52. The summed E-state index contributed by atoms with van der Waals surface area (Å²) in [6, 6.07) is 3.64. The lowest BCUT2D eigenvalue weighted by atomic mass is 9.97. The highest BCUT2D eigenvalue weighted by Gasteiger charge is 2.26. The van der Waals surface area contributed by atoms with Crippen LogP contribution in [0.3, 0.4) is 0 Å². The zero-order valence-corrected chi connectivity index (χ0v) is 11.6. The smallest absolute Gasteiger partial charge is 0.312 e. The second-order valence-electron chi connectivity index (χ2n) is 5.21. The van der Waals surface area contributed by atoms with E-state index in [1.54, 1.807) is 4.90 Å². The van der Waals surface area contributed by atoms with Gasteiger partial charge in [0.05, 0.1) is 11.3 Å². The maximum Gasteiger partial charge on any atom is 0.312 e. The molecule has 1 heterocycles. The van der Waals surface area contributed by atoms with Gasteiger partial charge >= 0.3 is 6.03 Å². The van der Waals surface area contributed by atoms with Gasteiger partial charge in [-0.1, -0.05) is 6.07 Å². The van der Waals surface area contributed by atoms with Crippen molar-refractivity contribution in [1.82, 2.24) is 10.2 Å². The molecule has 5 N–H and O–H groups in total. The Labute approximate surface area is 122 Å². The fourth-order valence-electron chi connectivity index (χ4n) is 2.55. The number of hydrogen-bond acceptors (Lipinski definition) is 3. The van der Waals surface area contributed by atoms with Gasteiger partial charge < -0.3 is 21.7 Å². The van der Waals surface area contributed by atoms with Gasteiger partial charge in [0.2, 0.25) is 0 Å². The number of nitrogen functional groups attached to an aromatic ring is 1. The summed E-state index contributed by atoms with van der Waals surface area (Å²) in [7, 11) is 0. The molecule has 0 spiro atoms. The lowest BCUT2D eigenvalue weighted by Gasteiger charge is -2.33. The summed E-state index contributed by atoms with van der Waals surface area (Å²) in [4.78, 5) is 24.8. The Kier molecular flexibility index (Phi) is 4.62. The van der Waals surface area contributed by atoms with E-state index in [0.29, 0.717) is 19.6 Å². The molecule has 1 atom stereocenters. The third-order valence-electron chi connectivity index (χ3n) is 3.65. The van der Waals surface area contributed by atoms with E-state index < -0.39 is 11.8 Å². The molecule has 1 fully saturated rings. The van der Waals surface area contributed by atoms with Crippen LogP contribution in [0.1, 0.15) is 23.2 Å². The molecular formula is C14H19FN4O2. The van der Waals surface area contributed by atoms with Gasteiger partial charge in [-0.2, -0.15) is 0 Å². The Morgan fingerprint density at radius 3 is 2.90 bits per heavy atom. The average molecular weight is 294 g/mol. The number of para-hydroxylation sites is 1. The summed E-state index contributed by atoms with van der Waals surface area (Å²) in [5.41, 5.74) is 10.7. The van der Waals surface area contributed by atoms with Crippen molar-refractivity contribution in [2.24, 2.45) is 11.7 Å². The van der Waals surface area contributed by atoms with Crippen molar-refractivity contribution in [3.8, 4) is 0 Å². The van der Waals surface area contributed by atoms with E-state index in [-0.39, 0.29) is 23.1 Å². The molecule has 7 heteroatoms. The number of carbonyl (C=O) groups is 2. The molecule has 2 rings (SSSR count). The fourth-order valence-corrected chi connectivity index (χ4v) is 2.55. The zero-order valence-electron chi connectivity index (χ0n) is 11.6. The van der Waals surface area contributed by atoms with Gasteiger partial charge in [0.1, 0.15) is 5.82 Å². The molecule has 1 aromatic rings. The summed E-state index contributed by atoms with van der Waals surface area (Å²) >= 11 is 0. The lowest BCUT2D eigenvalue weighted by Crippen LogP contribution is -2.44. The SMILES string of the molecule is NC(=O)NCC1CCCN(C(=O)c2cccc(F)c2N)C1. The van der Waals surface area contributed by atoms with Crippen LogP contribution in [0.5, 0.6) is 0 Å². The molecule has 0 radical (unpaired) electrons. The van der Waals surface area contributed by atoms with E-state index in [9.17, 15) is 14.0 Å². The molecule has 1 unspecified atom stereocenters. The Balaban J connectivity index is 2.05. The number of benzene rings is 1. The average Bonchev–Trinajstić information content (AvgIpc) is 2.47. The van der Waals surface area contributed by atoms with E-state index in [4.69, 9.17) is 11.5 Å². The van der Waals surface area contributed by atoms with Crippen LogP contribution in [-0.2, 0) is 0 Å². The maximum atomic E-state index is 13.4. The Bertz CT molecular complexity index is 550. The maximum absolute atomic E-state index is 13.4. The number of hydrogen-bond donors (Lipinski definition) is 3. The van der Waals surface area contributed by atoms with Gasteiger partial charge in [0.25, 0.3) is 5.91 Å². The minimum atomic E-state index is -0.593. The fraction of sp³-hybridized carbons (Fsp3) is 0.429. The Hall–Kier alpha value is -2.31. The summed E-state index contributed by atoms with van der Waals surface area (Å²) in [6.07, 6.45) is 1.73. The van der Waals surface area contributed by atoms with Crippen LogP contribution in [0.2, 0.25) is 0 Å². The minimum absolute atomic E-state index is 0.125. The van der Waals surface area contributed by atoms with E-state index >= 15 is 0 Å². The molecule has 0 aliphatic carbocycles. The van der Waals surface area contributed by atoms with Gasteiger partial charge in [-0.3, -0.25) is 4.79 Å². The largest absolute Gasteiger partial charge is 0.396 e. The first kappa shape index (κ1) is 15.1. The van der Waals surface area contributed by atoms with Gasteiger partial charge in [-0.15, -0.1) is 0 Å². The Morgan fingerprint density at radius 2 is 2.19 bits per heavy atom. The Morgan fingerprint density at radius 1 is 1.43 bits per heavy atom. The van der Waals surface area contributed by atoms with E-state index in [0.717, 1.165) is 12.8 Å². The molecule has 1 saturated heterocycles. The summed E-state index contributed by atoms with van der Waals surface area (Å²) < 4.78 is 13.4. The van der Waals surface area contributed by atoms with E-state index in [2.05, 4.69) is 5.32 Å². The molecule has 1 aromatic carbocycles. The number of nitrogens with zero attached hydrogens (tertiary/aromatic N) is 1. The molecule has 3 amide bonds. The predicted octanol–water partition coefficient (Wildman–Crippen LogP) is 0.928. The molecule has 1 aliphatic rings. The summed E-state index contributed by atoms with van der Waals surface area (Å²) in [5, 5.41) is 2.55. The lowest BCUT2D eigenvalue weighted by molar-refractivity contribution is 0.0676. The number of anilines is 1. The van der Waals surface area contributed by atoms with E-state index in [1.165, 1.54) is 18.2 Å². The van der Waals surface area contributed by atoms with Gasteiger partial charge in [-0.25, -0.2) is 9.18 Å². The second kappa shape index (κ2) is 6.43. The van der Waals surface area contributed by atoms with Gasteiger partial charge in [0, 0.05) is 19.6 Å². The highest BCUT2D eigenvalue weighted by molar-refractivity contribution is 5.99. The molecule has 6 nitrogen and oxygen atoms in total. The van der Waals surface area contributed by atoms with Crippen molar-refractivity contribution < 1.29 is 14.0 Å². The number of nitrogens with two attached hydrogens (primary N) is 2. The number of halogens is 1. The third-order valence-corrected chi connectivity index (χ3v) is 3.65. The molecule has 21 heavy (non-hydrogen) atoms. The number of nitrogens with one attached hydrogen (secondary N) is 1. The normalized spacial score (nSPS) is 18.3. The zero-order chi connectivity index (χ0) is 15.4.